The second kappa shape index (κ2) is 4.91. The number of aromatic nitrogens is 1. The SMILES string of the molecule is CCC(=O)N1Cc2c(c3ccccc3n2C)CC1C(=O)O. The monoisotopic (exact) mass is 286 g/mol. The molecule has 1 N–H and O–H groups in total. The van der Waals surface area contributed by atoms with E-state index in [1.54, 1.807) is 6.92 Å². The standard InChI is InChI=1S/C16H18N2O3/c1-3-15(19)18-9-14-11(8-13(18)16(20)21)10-6-4-5-7-12(10)17(14)2/h4-7,13H,3,8-9H2,1-2H3,(H,20,21). The Labute approximate surface area is 122 Å². The first-order valence-corrected chi connectivity index (χ1v) is 7.12. The summed E-state index contributed by atoms with van der Waals surface area (Å²) in [5.41, 5.74) is 3.17. The average molecular weight is 286 g/mol. The minimum Gasteiger partial charge on any atom is -0.480 e. The molecule has 0 radical (unpaired) electrons. The first kappa shape index (κ1) is 13.7. The van der Waals surface area contributed by atoms with Crippen LogP contribution in [0, 0.1) is 0 Å². The van der Waals surface area contributed by atoms with Gasteiger partial charge in [0.05, 0.1) is 6.54 Å². The van der Waals surface area contributed by atoms with Crippen LogP contribution in [-0.4, -0.2) is 32.5 Å². The fraction of sp³-hybridized carbons (Fsp3) is 0.375. The Kier molecular flexibility index (Phi) is 3.20. The molecule has 0 saturated carbocycles. The number of aryl methyl sites for hydroxylation is 1. The number of para-hydroxylation sites is 1. The zero-order valence-electron chi connectivity index (χ0n) is 12.2. The van der Waals surface area contributed by atoms with Crippen molar-refractivity contribution >= 4 is 22.8 Å². The van der Waals surface area contributed by atoms with Crippen LogP contribution in [0.25, 0.3) is 10.9 Å². The Hall–Kier alpha value is -2.30. The largest absolute Gasteiger partial charge is 0.480 e. The summed E-state index contributed by atoms with van der Waals surface area (Å²) in [5.74, 6) is -1.05. The van der Waals surface area contributed by atoms with Crippen LogP contribution in [0.15, 0.2) is 24.3 Å². The van der Waals surface area contributed by atoms with Crippen molar-refractivity contribution in [1.82, 2.24) is 9.47 Å². The van der Waals surface area contributed by atoms with Gasteiger partial charge in [0.15, 0.2) is 0 Å². The number of rotatable bonds is 2. The molecule has 1 atom stereocenters. The van der Waals surface area contributed by atoms with E-state index in [1.165, 1.54) is 4.90 Å². The molecule has 110 valence electrons. The number of carbonyl (C=O) groups is 2. The third kappa shape index (κ3) is 2.00. The van der Waals surface area contributed by atoms with Crippen LogP contribution in [0.4, 0.5) is 0 Å². The molecule has 1 aromatic heterocycles. The lowest BCUT2D eigenvalue weighted by Gasteiger charge is -2.33. The van der Waals surface area contributed by atoms with Gasteiger partial charge in [0.2, 0.25) is 5.91 Å². The van der Waals surface area contributed by atoms with Gasteiger partial charge in [0.1, 0.15) is 6.04 Å². The van der Waals surface area contributed by atoms with Gasteiger partial charge in [-0.05, 0) is 11.6 Å². The molecule has 5 heteroatoms. The highest BCUT2D eigenvalue weighted by atomic mass is 16.4. The molecule has 2 aromatic rings. The van der Waals surface area contributed by atoms with Crippen molar-refractivity contribution in [3.05, 3.63) is 35.5 Å². The molecule has 1 aliphatic heterocycles. The van der Waals surface area contributed by atoms with E-state index in [2.05, 4.69) is 4.57 Å². The second-order valence-corrected chi connectivity index (χ2v) is 5.43. The van der Waals surface area contributed by atoms with Gasteiger partial charge in [-0.3, -0.25) is 4.79 Å². The van der Waals surface area contributed by atoms with Crippen LogP contribution in [0.3, 0.4) is 0 Å². The smallest absolute Gasteiger partial charge is 0.326 e. The normalized spacial score (nSPS) is 17.8. The molecule has 21 heavy (non-hydrogen) atoms. The highest BCUT2D eigenvalue weighted by Gasteiger charge is 2.36. The molecule has 5 nitrogen and oxygen atoms in total. The number of carboxylic acids is 1. The number of hydrogen-bond donors (Lipinski definition) is 1. The number of hydrogen-bond acceptors (Lipinski definition) is 2. The van der Waals surface area contributed by atoms with Crippen molar-refractivity contribution in [3.8, 4) is 0 Å². The fourth-order valence-electron chi connectivity index (χ4n) is 3.21. The van der Waals surface area contributed by atoms with Crippen LogP contribution in [0.5, 0.6) is 0 Å². The number of nitrogens with zero attached hydrogens (tertiary/aromatic N) is 2. The second-order valence-electron chi connectivity index (χ2n) is 5.43. The van der Waals surface area contributed by atoms with E-state index in [1.807, 2.05) is 31.3 Å². The lowest BCUT2D eigenvalue weighted by atomic mass is 9.96. The third-order valence-corrected chi connectivity index (χ3v) is 4.35. The molecular formula is C16H18N2O3. The minimum absolute atomic E-state index is 0.113. The molecule has 1 amide bonds. The number of fused-ring (bicyclic) bond motifs is 3. The third-order valence-electron chi connectivity index (χ3n) is 4.35. The fourth-order valence-corrected chi connectivity index (χ4v) is 3.21. The number of carbonyl (C=O) groups excluding carboxylic acids is 1. The zero-order valence-corrected chi connectivity index (χ0v) is 12.2. The van der Waals surface area contributed by atoms with Gasteiger partial charge in [-0.1, -0.05) is 25.1 Å². The van der Waals surface area contributed by atoms with Crippen molar-refractivity contribution in [2.75, 3.05) is 0 Å². The summed E-state index contributed by atoms with van der Waals surface area (Å²) >= 11 is 0. The van der Waals surface area contributed by atoms with E-state index in [4.69, 9.17) is 0 Å². The Morgan fingerprint density at radius 2 is 2.05 bits per heavy atom. The van der Waals surface area contributed by atoms with Crippen molar-refractivity contribution in [3.63, 3.8) is 0 Å². The van der Waals surface area contributed by atoms with E-state index < -0.39 is 12.0 Å². The topological polar surface area (TPSA) is 62.5 Å². The molecule has 0 bridgehead atoms. The molecule has 2 heterocycles. The number of aliphatic carboxylic acids is 1. The van der Waals surface area contributed by atoms with Crippen LogP contribution in [-0.2, 0) is 29.6 Å². The van der Waals surface area contributed by atoms with E-state index in [9.17, 15) is 14.7 Å². The quantitative estimate of drug-likeness (QED) is 0.917. The first-order valence-electron chi connectivity index (χ1n) is 7.12. The van der Waals surface area contributed by atoms with Gasteiger partial charge < -0.3 is 14.6 Å². The van der Waals surface area contributed by atoms with Gasteiger partial charge in [-0.25, -0.2) is 4.79 Å². The Morgan fingerprint density at radius 3 is 2.71 bits per heavy atom. The Morgan fingerprint density at radius 1 is 1.33 bits per heavy atom. The summed E-state index contributed by atoms with van der Waals surface area (Å²) in [5, 5.41) is 10.5. The van der Waals surface area contributed by atoms with Crippen molar-refractivity contribution in [2.45, 2.75) is 32.4 Å². The number of carboxylic acid groups (broad SMARTS) is 1. The van der Waals surface area contributed by atoms with Crippen molar-refractivity contribution < 1.29 is 14.7 Å². The lowest BCUT2D eigenvalue weighted by Crippen LogP contribution is -2.48. The molecule has 0 spiro atoms. The summed E-state index contributed by atoms with van der Waals surface area (Å²) in [6, 6.07) is 7.20. The summed E-state index contributed by atoms with van der Waals surface area (Å²) < 4.78 is 2.07. The summed E-state index contributed by atoms with van der Waals surface area (Å²) in [6.07, 6.45) is 0.695. The highest BCUT2D eigenvalue weighted by molar-refractivity contribution is 5.89. The van der Waals surface area contributed by atoms with Gasteiger partial charge >= 0.3 is 5.97 Å². The van der Waals surface area contributed by atoms with E-state index >= 15 is 0 Å². The molecule has 0 aliphatic carbocycles. The Bertz CT molecular complexity index is 732. The van der Waals surface area contributed by atoms with E-state index in [0.717, 1.165) is 22.2 Å². The van der Waals surface area contributed by atoms with Crippen LogP contribution < -0.4 is 0 Å². The number of amides is 1. The minimum atomic E-state index is -0.935. The average Bonchev–Trinajstić information content (AvgIpc) is 2.78. The predicted octanol–water partition coefficient (Wildman–Crippen LogP) is 1.93. The number of benzene rings is 1. The molecule has 1 aliphatic rings. The zero-order chi connectivity index (χ0) is 15.1. The summed E-state index contributed by atoms with van der Waals surface area (Å²) in [7, 11) is 1.97. The molecule has 1 aromatic carbocycles. The first-order chi connectivity index (χ1) is 10.0. The van der Waals surface area contributed by atoms with E-state index in [0.29, 0.717) is 19.4 Å². The van der Waals surface area contributed by atoms with Gasteiger partial charge in [-0.2, -0.15) is 0 Å². The van der Waals surface area contributed by atoms with Crippen molar-refractivity contribution in [1.29, 1.82) is 0 Å². The van der Waals surface area contributed by atoms with Gasteiger partial charge in [0.25, 0.3) is 0 Å². The molecular weight excluding hydrogens is 268 g/mol. The van der Waals surface area contributed by atoms with Crippen LogP contribution in [0.1, 0.15) is 24.6 Å². The Balaban J connectivity index is 2.15. The maximum absolute atomic E-state index is 12.1. The molecule has 0 saturated heterocycles. The summed E-state index contributed by atoms with van der Waals surface area (Å²) in [6.45, 7) is 2.13. The molecule has 0 fully saturated rings. The van der Waals surface area contributed by atoms with Crippen molar-refractivity contribution in [2.24, 2.45) is 7.05 Å². The van der Waals surface area contributed by atoms with Gasteiger partial charge in [-0.15, -0.1) is 0 Å². The van der Waals surface area contributed by atoms with Crippen LogP contribution >= 0.6 is 0 Å². The molecule has 1 unspecified atom stereocenters. The lowest BCUT2D eigenvalue weighted by molar-refractivity contribution is -0.151. The highest BCUT2D eigenvalue weighted by Crippen LogP contribution is 2.32. The predicted molar refractivity (Wildman–Crippen MR) is 78.9 cm³/mol. The van der Waals surface area contributed by atoms with E-state index in [-0.39, 0.29) is 5.91 Å². The summed E-state index contributed by atoms with van der Waals surface area (Å²) in [4.78, 5) is 25.1. The molecule has 3 rings (SSSR count). The maximum atomic E-state index is 12.1. The van der Waals surface area contributed by atoms with Crippen LogP contribution in [0.2, 0.25) is 0 Å². The van der Waals surface area contributed by atoms with Gasteiger partial charge in [0, 0.05) is 36.5 Å². The maximum Gasteiger partial charge on any atom is 0.326 e.